The third-order valence-corrected chi connectivity index (χ3v) is 7.60. The second-order valence-corrected chi connectivity index (χ2v) is 10.5. The normalized spacial score (nSPS) is 18.6. The van der Waals surface area contributed by atoms with Gasteiger partial charge >= 0.3 is 0 Å². The number of allylic oxidation sites excluding steroid dienone is 2. The average Bonchev–Trinajstić information content (AvgIpc) is 2.89. The molecule has 5 heteroatoms. The Morgan fingerprint density at radius 1 is 0.816 bits per heavy atom. The van der Waals surface area contributed by atoms with Crippen molar-refractivity contribution in [3.63, 3.8) is 0 Å². The monoisotopic (exact) mass is 524 g/mol. The van der Waals surface area contributed by atoms with Gasteiger partial charge in [0.1, 0.15) is 24.4 Å². The highest BCUT2D eigenvalue weighted by molar-refractivity contribution is 5.72. The fourth-order valence-electron chi connectivity index (χ4n) is 5.42. The Morgan fingerprint density at radius 2 is 1.42 bits per heavy atom. The van der Waals surface area contributed by atoms with Gasteiger partial charge in [-0.05, 0) is 85.9 Å². The van der Waals surface area contributed by atoms with Gasteiger partial charge in [-0.1, -0.05) is 68.2 Å². The minimum absolute atomic E-state index is 0.0529. The highest BCUT2D eigenvalue weighted by atomic mass is 19.1. The summed E-state index contributed by atoms with van der Waals surface area (Å²) in [6, 6.07) is 13.3. The molecule has 0 aliphatic heterocycles. The maximum atomic E-state index is 14.9. The van der Waals surface area contributed by atoms with Crippen molar-refractivity contribution >= 4 is 0 Å². The molecule has 0 bridgehead atoms. The van der Waals surface area contributed by atoms with Gasteiger partial charge in [-0.25, -0.2) is 17.6 Å². The first-order valence-electron chi connectivity index (χ1n) is 13.6. The Morgan fingerprint density at radius 3 is 2.05 bits per heavy atom. The van der Waals surface area contributed by atoms with Gasteiger partial charge in [-0.15, -0.1) is 0 Å². The molecule has 1 atom stereocenters. The van der Waals surface area contributed by atoms with Crippen molar-refractivity contribution in [3.05, 3.63) is 89.8 Å². The van der Waals surface area contributed by atoms with Gasteiger partial charge in [0.05, 0.1) is 0 Å². The molecule has 202 valence electrons. The van der Waals surface area contributed by atoms with Crippen LogP contribution in [0.4, 0.5) is 17.6 Å². The maximum Gasteiger partial charge on any atom is 0.165 e. The molecule has 38 heavy (non-hydrogen) atoms. The van der Waals surface area contributed by atoms with Crippen LogP contribution in [0.1, 0.15) is 57.4 Å². The van der Waals surface area contributed by atoms with E-state index in [2.05, 4.69) is 12.2 Å². The summed E-state index contributed by atoms with van der Waals surface area (Å²) < 4.78 is 64.1. The molecule has 3 aromatic carbocycles. The summed E-state index contributed by atoms with van der Waals surface area (Å²) >= 11 is 0. The van der Waals surface area contributed by atoms with E-state index in [1.165, 1.54) is 36.8 Å². The SMILES string of the molecule is C/C=C/CCC1CCC(CC(F)COc2ccc(-c3ccc(-c4ccc(C)cc4F)cc3F)cc2F)CC1. The summed E-state index contributed by atoms with van der Waals surface area (Å²) in [5.74, 6) is -0.668. The van der Waals surface area contributed by atoms with Crippen molar-refractivity contribution in [1.82, 2.24) is 0 Å². The number of alkyl halides is 1. The smallest absolute Gasteiger partial charge is 0.165 e. The first-order chi connectivity index (χ1) is 18.3. The summed E-state index contributed by atoms with van der Waals surface area (Å²) in [5.41, 5.74) is 2.00. The Hall–Kier alpha value is -3.08. The molecule has 0 spiro atoms. The van der Waals surface area contributed by atoms with Crippen LogP contribution in [0.15, 0.2) is 66.7 Å². The fourth-order valence-corrected chi connectivity index (χ4v) is 5.42. The van der Waals surface area contributed by atoms with Crippen molar-refractivity contribution < 1.29 is 22.3 Å². The van der Waals surface area contributed by atoms with Gasteiger partial charge in [0.2, 0.25) is 0 Å². The van der Waals surface area contributed by atoms with Gasteiger partial charge in [0.15, 0.2) is 11.6 Å². The summed E-state index contributed by atoms with van der Waals surface area (Å²) in [4.78, 5) is 0. The highest BCUT2D eigenvalue weighted by Gasteiger charge is 2.24. The van der Waals surface area contributed by atoms with Crippen LogP contribution in [0, 0.1) is 36.2 Å². The minimum atomic E-state index is -1.16. The van der Waals surface area contributed by atoms with Crippen molar-refractivity contribution in [2.45, 2.75) is 65.0 Å². The van der Waals surface area contributed by atoms with Gasteiger partial charge in [0.25, 0.3) is 0 Å². The molecule has 1 fully saturated rings. The van der Waals surface area contributed by atoms with E-state index in [9.17, 15) is 17.6 Å². The van der Waals surface area contributed by atoms with Crippen LogP contribution >= 0.6 is 0 Å². The molecule has 0 radical (unpaired) electrons. The topological polar surface area (TPSA) is 9.23 Å². The largest absolute Gasteiger partial charge is 0.487 e. The number of halogens is 4. The zero-order chi connectivity index (χ0) is 27.1. The highest BCUT2D eigenvalue weighted by Crippen LogP contribution is 2.35. The quantitative estimate of drug-likeness (QED) is 0.189. The molecular formula is C33H36F4O. The van der Waals surface area contributed by atoms with E-state index in [4.69, 9.17) is 4.74 Å². The molecule has 0 amide bonds. The second-order valence-electron chi connectivity index (χ2n) is 10.5. The zero-order valence-corrected chi connectivity index (χ0v) is 22.2. The van der Waals surface area contributed by atoms with Crippen molar-refractivity contribution in [2.24, 2.45) is 11.8 Å². The van der Waals surface area contributed by atoms with Gasteiger partial charge in [0, 0.05) is 11.1 Å². The number of hydrogen-bond donors (Lipinski definition) is 0. The van der Waals surface area contributed by atoms with E-state index in [1.807, 2.05) is 6.92 Å². The van der Waals surface area contributed by atoms with E-state index >= 15 is 0 Å². The zero-order valence-electron chi connectivity index (χ0n) is 22.2. The lowest BCUT2D eigenvalue weighted by molar-refractivity contribution is 0.143. The third-order valence-electron chi connectivity index (χ3n) is 7.60. The summed E-state index contributed by atoms with van der Waals surface area (Å²) in [6.07, 6.45) is 10.2. The predicted octanol–water partition coefficient (Wildman–Crippen LogP) is 10.0. The molecule has 1 aliphatic rings. The molecule has 3 aromatic rings. The maximum absolute atomic E-state index is 14.9. The van der Waals surface area contributed by atoms with E-state index in [1.54, 1.807) is 31.2 Å². The lowest BCUT2D eigenvalue weighted by atomic mass is 9.78. The summed E-state index contributed by atoms with van der Waals surface area (Å²) in [5, 5.41) is 0. The number of aryl methyl sites for hydroxylation is 1. The Kier molecular flexibility index (Phi) is 9.65. The van der Waals surface area contributed by atoms with Gasteiger partial charge in [-0.3, -0.25) is 0 Å². The van der Waals surface area contributed by atoms with Crippen LogP contribution in [0.3, 0.4) is 0 Å². The Labute approximate surface area is 223 Å². The molecule has 0 aromatic heterocycles. The fraction of sp³-hybridized carbons (Fsp3) is 0.394. The Bertz CT molecular complexity index is 1240. The summed E-state index contributed by atoms with van der Waals surface area (Å²) in [7, 11) is 0. The number of ether oxygens (including phenoxy) is 1. The van der Waals surface area contributed by atoms with Crippen LogP contribution in [0.2, 0.25) is 0 Å². The van der Waals surface area contributed by atoms with Crippen LogP contribution in [0.25, 0.3) is 22.3 Å². The molecule has 0 heterocycles. The van der Waals surface area contributed by atoms with Crippen LogP contribution in [0.5, 0.6) is 5.75 Å². The number of hydrogen-bond acceptors (Lipinski definition) is 1. The molecule has 0 saturated heterocycles. The van der Waals surface area contributed by atoms with E-state index in [0.29, 0.717) is 29.0 Å². The van der Waals surface area contributed by atoms with Gasteiger partial charge in [-0.2, -0.15) is 0 Å². The average molecular weight is 525 g/mol. The summed E-state index contributed by atoms with van der Waals surface area (Å²) in [6.45, 7) is 3.61. The standard InChI is InChI=1S/C33H36F4O/c1-3-4-5-6-23-8-10-24(11-9-23)18-27(34)21-38-33-16-13-26(20-32(33)37)29-15-12-25(19-31(29)36)28-14-7-22(2)17-30(28)35/h3-4,7,12-17,19-20,23-24,27H,5-6,8-11,18,21H2,1-2H3/b4-3+. The molecule has 1 nitrogen and oxygen atoms in total. The molecule has 1 unspecified atom stereocenters. The lowest BCUT2D eigenvalue weighted by Crippen LogP contribution is -2.21. The van der Waals surface area contributed by atoms with Crippen LogP contribution in [-0.4, -0.2) is 12.8 Å². The predicted molar refractivity (Wildman–Crippen MR) is 146 cm³/mol. The first kappa shape index (κ1) is 27.9. The number of benzene rings is 3. The van der Waals surface area contributed by atoms with Crippen LogP contribution in [-0.2, 0) is 0 Å². The molecule has 1 aliphatic carbocycles. The molecule has 0 N–H and O–H groups in total. The van der Waals surface area contributed by atoms with Crippen molar-refractivity contribution in [2.75, 3.05) is 6.61 Å². The van der Waals surface area contributed by atoms with E-state index in [0.717, 1.165) is 43.6 Å². The lowest BCUT2D eigenvalue weighted by Gasteiger charge is -2.29. The van der Waals surface area contributed by atoms with E-state index < -0.39 is 23.6 Å². The van der Waals surface area contributed by atoms with Crippen LogP contribution < -0.4 is 4.74 Å². The molecule has 4 rings (SSSR count). The minimum Gasteiger partial charge on any atom is -0.487 e. The Balaban J connectivity index is 1.31. The number of rotatable bonds is 10. The second kappa shape index (κ2) is 13.1. The third kappa shape index (κ3) is 7.27. The van der Waals surface area contributed by atoms with E-state index in [-0.39, 0.29) is 17.9 Å². The van der Waals surface area contributed by atoms with Crippen molar-refractivity contribution in [1.29, 1.82) is 0 Å². The molecular weight excluding hydrogens is 488 g/mol. The molecule has 1 saturated carbocycles. The van der Waals surface area contributed by atoms with Gasteiger partial charge < -0.3 is 4.74 Å². The first-order valence-corrected chi connectivity index (χ1v) is 13.6. The van der Waals surface area contributed by atoms with Crippen molar-refractivity contribution in [3.8, 4) is 28.0 Å².